The third-order valence-electron chi connectivity index (χ3n) is 4.71. The van der Waals surface area contributed by atoms with Crippen molar-refractivity contribution in [1.82, 2.24) is 0 Å². The van der Waals surface area contributed by atoms with Crippen molar-refractivity contribution in [2.24, 2.45) is 0 Å². The summed E-state index contributed by atoms with van der Waals surface area (Å²) in [6.07, 6.45) is 1.35. The number of fused-ring (bicyclic) bond motifs is 1. The number of carbonyl (C=O) groups excluding carboxylic acids is 1. The second kappa shape index (κ2) is 8.53. The van der Waals surface area contributed by atoms with Crippen molar-refractivity contribution in [3.63, 3.8) is 0 Å². The molecule has 31 heavy (non-hydrogen) atoms. The third-order valence-corrected chi connectivity index (χ3v) is 5.04. The van der Waals surface area contributed by atoms with E-state index in [-0.39, 0.29) is 22.3 Å². The molecule has 0 radical (unpaired) electrons. The predicted octanol–water partition coefficient (Wildman–Crippen LogP) is 5.35. The summed E-state index contributed by atoms with van der Waals surface area (Å²) >= 11 is 6.21. The zero-order valence-corrected chi connectivity index (χ0v) is 17.4. The van der Waals surface area contributed by atoms with E-state index >= 15 is 0 Å². The van der Waals surface area contributed by atoms with Gasteiger partial charge < -0.3 is 18.6 Å². The molecule has 0 aliphatic carbocycles. The molecule has 6 nitrogen and oxygen atoms in total. The lowest BCUT2D eigenvalue weighted by atomic mass is 10.1. The van der Waals surface area contributed by atoms with Crippen LogP contribution < -0.4 is 19.6 Å². The molecule has 0 N–H and O–H groups in total. The average molecular weight is 437 g/mol. The first-order chi connectivity index (χ1) is 15.0. The summed E-state index contributed by atoms with van der Waals surface area (Å²) in [6.45, 7) is 0. The lowest BCUT2D eigenvalue weighted by Crippen LogP contribution is -2.10. The Hall–Kier alpha value is -3.77. The van der Waals surface area contributed by atoms with Crippen LogP contribution >= 0.6 is 11.6 Å². The Bertz CT molecular complexity index is 1320. The van der Waals surface area contributed by atoms with E-state index in [0.29, 0.717) is 33.0 Å². The predicted molar refractivity (Wildman–Crippen MR) is 117 cm³/mol. The summed E-state index contributed by atoms with van der Waals surface area (Å²) in [5.74, 6) is 0.547. The maximum absolute atomic E-state index is 12.9. The SMILES string of the molecule is COc1cc(OC)cc(C(=O)Oc2ccc3c(=O)c(-c4ccccc4Cl)coc3c2)c1. The van der Waals surface area contributed by atoms with Crippen molar-refractivity contribution in [3.05, 3.63) is 87.7 Å². The molecule has 0 aliphatic heterocycles. The molecule has 0 saturated carbocycles. The van der Waals surface area contributed by atoms with Gasteiger partial charge in [-0.05, 0) is 30.3 Å². The van der Waals surface area contributed by atoms with E-state index < -0.39 is 5.97 Å². The Kier molecular flexibility index (Phi) is 5.64. The van der Waals surface area contributed by atoms with E-state index in [1.165, 1.54) is 32.6 Å². The summed E-state index contributed by atoms with van der Waals surface area (Å²) in [4.78, 5) is 25.5. The van der Waals surface area contributed by atoms with Crippen LogP contribution in [0.4, 0.5) is 0 Å². The number of halogens is 1. The molecule has 0 atom stereocenters. The fraction of sp³-hybridized carbons (Fsp3) is 0.0833. The Balaban J connectivity index is 1.66. The van der Waals surface area contributed by atoms with E-state index in [9.17, 15) is 9.59 Å². The first kappa shape index (κ1) is 20.5. The van der Waals surface area contributed by atoms with Crippen LogP contribution in [0.1, 0.15) is 10.4 Å². The Morgan fingerprint density at radius 3 is 2.26 bits per heavy atom. The number of rotatable bonds is 5. The molecular formula is C24H17ClO6. The number of hydrogen-bond donors (Lipinski definition) is 0. The zero-order valence-electron chi connectivity index (χ0n) is 16.7. The van der Waals surface area contributed by atoms with Crippen LogP contribution in [-0.4, -0.2) is 20.2 Å². The maximum Gasteiger partial charge on any atom is 0.343 e. The summed E-state index contributed by atoms with van der Waals surface area (Å²) in [7, 11) is 2.98. The van der Waals surface area contributed by atoms with E-state index in [0.717, 1.165) is 0 Å². The Labute approximate surface area is 182 Å². The monoisotopic (exact) mass is 436 g/mol. The van der Waals surface area contributed by atoms with E-state index in [2.05, 4.69) is 0 Å². The summed E-state index contributed by atoms with van der Waals surface area (Å²) < 4.78 is 21.4. The van der Waals surface area contributed by atoms with Crippen molar-refractivity contribution in [2.45, 2.75) is 0 Å². The van der Waals surface area contributed by atoms with Gasteiger partial charge in [0.1, 0.15) is 29.1 Å². The van der Waals surface area contributed by atoms with Gasteiger partial charge in [-0.3, -0.25) is 4.79 Å². The number of esters is 1. The minimum Gasteiger partial charge on any atom is -0.497 e. The molecule has 0 aliphatic rings. The van der Waals surface area contributed by atoms with Gasteiger partial charge in [0, 0.05) is 22.7 Å². The van der Waals surface area contributed by atoms with Crippen LogP contribution in [0.2, 0.25) is 5.02 Å². The molecule has 7 heteroatoms. The summed E-state index contributed by atoms with van der Waals surface area (Å²) in [5.41, 5.74) is 1.25. The van der Waals surface area contributed by atoms with Crippen molar-refractivity contribution in [2.75, 3.05) is 14.2 Å². The lowest BCUT2D eigenvalue weighted by Gasteiger charge is -2.09. The highest BCUT2D eigenvalue weighted by atomic mass is 35.5. The number of benzene rings is 3. The molecule has 0 bridgehead atoms. The molecule has 3 aromatic carbocycles. The molecule has 0 saturated heterocycles. The molecule has 4 aromatic rings. The molecule has 156 valence electrons. The number of ether oxygens (including phenoxy) is 3. The number of methoxy groups -OCH3 is 2. The average Bonchev–Trinajstić information content (AvgIpc) is 2.79. The van der Waals surface area contributed by atoms with Gasteiger partial charge >= 0.3 is 5.97 Å². The van der Waals surface area contributed by atoms with Crippen molar-refractivity contribution in [3.8, 4) is 28.4 Å². The molecular weight excluding hydrogens is 420 g/mol. The van der Waals surface area contributed by atoms with E-state index in [1.54, 1.807) is 48.5 Å². The topological polar surface area (TPSA) is 75.0 Å². The Morgan fingerprint density at radius 2 is 1.58 bits per heavy atom. The van der Waals surface area contributed by atoms with Crippen molar-refractivity contribution < 1.29 is 23.4 Å². The van der Waals surface area contributed by atoms with Crippen molar-refractivity contribution >= 4 is 28.5 Å². The van der Waals surface area contributed by atoms with Crippen LogP contribution in [0.15, 0.2) is 76.1 Å². The minimum absolute atomic E-state index is 0.230. The quantitative estimate of drug-likeness (QED) is 0.310. The van der Waals surface area contributed by atoms with Crippen LogP contribution in [0.5, 0.6) is 17.2 Å². The maximum atomic E-state index is 12.9. The highest BCUT2D eigenvalue weighted by Crippen LogP contribution is 2.28. The minimum atomic E-state index is -0.605. The van der Waals surface area contributed by atoms with E-state index in [1.807, 2.05) is 0 Å². The molecule has 0 amide bonds. The van der Waals surface area contributed by atoms with Crippen LogP contribution in [-0.2, 0) is 0 Å². The van der Waals surface area contributed by atoms with Crippen molar-refractivity contribution in [1.29, 1.82) is 0 Å². The molecule has 1 aromatic heterocycles. The van der Waals surface area contributed by atoms with Crippen LogP contribution in [0.25, 0.3) is 22.1 Å². The lowest BCUT2D eigenvalue weighted by molar-refractivity contribution is 0.0734. The second-order valence-corrected chi connectivity index (χ2v) is 7.01. The largest absolute Gasteiger partial charge is 0.497 e. The molecule has 1 heterocycles. The van der Waals surface area contributed by atoms with Gasteiger partial charge in [0.05, 0.1) is 30.7 Å². The molecule has 0 fully saturated rings. The summed E-state index contributed by atoms with van der Waals surface area (Å²) in [6, 6.07) is 16.3. The fourth-order valence-corrected chi connectivity index (χ4v) is 3.37. The highest BCUT2D eigenvalue weighted by molar-refractivity contribution is 6.33. The number of hydrogen-bond acceptors (Lipinski definition) is 6. The molecule has 0 spiro atoms. The number of carbonyl (C=O) groups is 1. The standard InChI is InChI=1S/C24H17ClO6/c1-28-16-9-14(10-17(11-16)29-2)24(27)31-15-7-8-19-22(12-15)30-13-20(23(19)26)18-5-3-4-6-21(18)25/h3-13H,1-2H3. The molecule has 0 unspecified atom stereocenters. The second-order valence-electron chi connectivity index (χ2n) is 6.61. The Morgan fingerprint density at radius 1 is 0.871 bits per heavy atom. The third kappa shape index (κ3) is 4.11. The smallest absolute Gasteiger partial charge is 0.343 e. The van der Waals surface area contributed by atoms with Gasteiger partial charge in [-0.15, -0.1) is 0 Å². The van der Waals surface area contributed by atoms with Gasteiger partial charge in [-0.25, -0.2) is 4.79 Å². The van der Waals surface area contributed by atoms with Gasteiger partial charge in [0.15, 0.2) is 0 Å². The zero-order chi connectivity index (χ0) is 22.0. The summed E-state index contributed by atoms with van der Waals surface area (Å²) in [5, 5.41) is 0.800. The van der Waals surface area contributed by atoms with Gasteiger partial charge in [-0.1, -0.05) is 29.8 Å². The molecule has 4 rings (SSSR count). The van der Waals surface area contributed by atoms with Gasteiger partial charge in [0.25, 0.3) is 0 Å². The van der Waals surface area contributed by atoms with Gasteiger partial charge in [0.2, 0.25) is 5.43 Å². The fourth-order valence-electron chi connectivity index (χ4n) is 3.13. The first-order valence-corrected chi connectivity index (χ1v) is 9.63. The normalized spacial score (nSPS) is 10.7. The van der Waals surface area contributed by atoms with Crippen LogP contribution in [0, 0.1) is 0 Å². The van der Waals surface area contributed by atoms with Crippen LogP contribution in [0.3, 0.4) is 0 Å². The highest BCUT2D eigenvalue weighted by Gasteiger charge is 2.15. The van der Waals surface area contributed by atoms with Gasteiger partial charge in [-0.2, -0.15) is 0 Å². The first-order valence-electron chi connectivity index (χ1n) is 9.26. The van der Waals surface area contributed by atoms with E-state index in [4.69, 9.17) is 30.2 Å².